The van der Waals surface area contributed by atoms with Crippen molar-refractivity contribution < 1.29 is 14.3 Å². The van der Waals surface area contributed by atoms with Crippen LogP contribution in [0.3, 0.4) is 0 Å². The first-order valence-corrected chi connectivity index (χ1v) is 8.37. The molecule has 5 nitrogen and oxygen atoms in total. The predicted molar refractivity (Wildman–Crippen MR) is 95.7 cm³/mol. The molecule has 126 valence electrons. The number of rotatable bonds is 5. The minimum atomic E-state index is -0.764. The molecule has 1 atom stereocenters. The predicted octanol–water partition coefficient (Wildman–Crippen LogP) is 3.26. The number of halogens is 2. The fourth-order valence-corrected chi connectivity index (χ4v) is 2.47. The Morgan fingerprint density at radius 2 is 1.92 bits per heavy atom. The van der Waals surface area contributed by atoms with Crippen molar-refractivity contribution in [3.63, 3.8) is 0 Å². The van der Waals surface area contributed by atoms with Crippen molar-refractivity contribution in [3.8, 4) is 5.75 Å². The molecule has 2 rings (SSSR count). The third-order valence-corrected chi connectivity index (χ3v) is 3.97. The van der Waals surface area contributed by atoms with Crippen LogP contribution < -0.4 is 15.6 Å². The van der Waals surface area contributed by atoms with Crippen LogP contribution >= 0.6 is 27.5 Å². The minimum absolute atomic E-state index is 0.0703. The van der Waals surface area contributed by atoms with Crippen LogP contribution in [0.5, 0.6) is 5.75 Å². The Morgan fingerprint density at radius 3 is 2.62 bits per heavy atom. The van der Waals surface area contributed by atoms with Gasteiger partial charge in [-0.3, -0.25) is 20.4 Å². The van der Waals surface area contributed by atoms with Gasteiger partial charge in [0.15, 0.2) is 6.10 Å². The number of benzene rings is 2. The number of carbonyl (C=O) groups excluding carboxylic acids is 2. The minimum Gasteiger partial charge on any atom is -0.481 e. The van der Waals surface area contributed by atoms with Crippen molar-refractivity contribution in [2.24, 2.45) is 0 Å². The van der Waals surface area contributed by atoms with Crippen LogP contribution in [0.2, 0.25) is 5.02 Å². The van der Waals surface area contributed by atoms with Gasteiger partial charge in [0.05, 0.1) is 6.42 Å². The van der Waals surface area contributed by atoms with Gasteiger partial charge in [-0.25, -0.2) is 0 Å². The topological polar surface area (TPSA) is 67.4 Å². The molecule has 2 amide bonds. The second-order valence-corrected chi connectivity index (χ2v) is 6.35. The lowest BCUT2D eigenvalue weighted by Crippen LogP contribution is -2.47. The van der Waals surface area contributed by atoms with E-state index < -0.39 is 12.0 Å². The van der Waals surface area contributed by atoms with E-state index in [9.17, 15) is 9.59 Å². The average molecular weight is 412 g/mol. The average Bonchev–Trinajstić information content (AvgIpc) is 2.54. The summed E-state index contributed by atoms with van der Waals surface area (Å²) in [6.45, 7) is 1.59. The summed E-state index contributed by atoms with van der Waals surface area (Å²) in [4.78, 5) is 23.8. The Morgan fingerprint density at radius 1 is 1.17 bits per heavy atom. The molecule has 0 aliphatic rings. The van der Waals surface area contributed by atoms with Crippen molar-refractivity contribution in [1.82, 2.24) is 10.9 Å². The lowest BCUT2D eigenvalue weighted by molar-refractivity contribution is -0.132. The van der Waals surface area contributed by atoms with Gasteiger partial charge in [0, 0.05) is 9.50 Å². The van der Waals surface area contributed by atoms with Crippen molar-refractivity contribution in [2.45, 2.75) is 19.4 Å². The maximum Gasteiger partial charge on any atom is 0.279 e. The van der Waals surface area contributed by atoms with Gasteiger partial charge >= 0.3 is 0 Å². The number of hydrogen-bond acceptors (Lipinski definition) is 3. The highest BCUT2D eigenvalue weighted by Gasteiger charge is 2.16. The summed E-state index contributed by atoms with van der Waals surface area (Å²) in [6, 6.07) is 14.2. The number of carbonyl (C=O) groups is 2. The van der Waals surface area contributed by atoms with E-state index in [1.165, 1.54) is 0 Å². The van der Waals surface area contributed by atoms with Crippen molar-refractivity contribution >= 4 is 39.3 Å². The van der Waals surface area contributed by atoms with Gasteiger partial charge < -0.3 is 4.74 Å². The molecule has 2 aromatic carbocycles. The zero-order valence-electron chi connectivity index (χ0n) is 12.9. The van der Waals surface area contributed by atoms with Crippen LogP contribution in [0, 0.1) is 0 Å². The molecule has 0 spiro atoms. The van der Waals surface area contributed by atoms with Gasteiger partial charge in [0.2, 0.25) is 5.91 Å². The molecule has 0 heterocycles. The van der Waals surface area contributed by atoms with E-state index >= 15 is 0 Å². The number of ether oxygens (including phenoxy) is 1. The highest BCUT2D eigenvalue weighted by Crippen LogP contribution is 2.19. The number of amides is 2. The van der Waals surface area contributed by atoms with Gasteiger partial charge in [0.25, 0.3) is 5.91 Å². The van der Waals surface area contributed by atoms with E-state index in [0.717, 1.165) is 4.47 Å². The van der Waals surface area contributed by atoms with E-state index in [1.807, 2.05) is 6.07 Å². The second-order valence-electron chi connectivity index (χ2n) is 5.02. The van der Waals surface area contributed by atoms with Crippen LogP contribution in [0.1, 0.15) is 12.5 Å². The molecule has 24 heavy (non-hydrogen) atoms. The summed E-state index contributed by atoms with van der Waals surface area (Å²) in [6.07, 6.45) is -0.694. The molecule has 0 saturated heterocycles. The quantitative estimate of drug-likeness (QED) is 0.742. The van der Waals surface area contributed by atoms with E-state index in [0.29, 0.717) is 16.3 Å². The summed E-state index contributed by atoms with van der Waals surface area (Å²) in [5, 5.41) is 0.505. The maximum absolute atomic E-state index is 12.0. The molecule has 0 unspecified atom stereocenters. The summed E-state index contributed by atoms with van der Waals surface area (Å²) >= 11 is 9.32. The second kappa shape index (κ2) is 8.70. The van der Waals surface area contributed by atoms with Gasteiger partial charge in [-0.15, -0.1) is 0 Å². The maximum atomic E-state index is 12.0. The molecule has 0 aliphatic heterocycles. The molecule has 0 aromatic heterocycles. The summed E-state index contributed by atoms with van der Waals surface area (Å²) in [5.41, 5.74) is 5.37. The van der Waals surface area contributed by atoms with Gasteiger partial charge in [-0.2, -0.15) is 0 Å². The lowest BCUT2D eigenvalue weighted by Gasteiger charge is -2.15. The molecule has 0 radical (unpaired) electrons. The Kier molecular flexibility index (Phi) is 6.63. The molecule has 0 fully saturated rings. The first-order valence-electron chi connectivity index (χ1n) is 7.20. The van der Waals surface area contributed by atoms with Crippen LogP contribution in [0.4, 0.5) is 0 Å². The lowest BCUT2D eigenvalue weighted by atomic mass is 10.1. The Hall–Kier alpha value is -2.05. The largest absolute Gasteiger partial charge is 0.481 e. The van der Waals surface area contributed by atoms with Crippen molar-refractivity contribution in [1.29, 1.82) is 0 Å². The van der Waals surface area contributed by atoms with Crippen LogP contribution in [-0.2, 0) is 16.0 Å². The van der Waals surface area contributed by atoms with Gasteiger partial charge in [0.1, 0.15) is 5.75 Å². The SMILES string of the molecule is C[C@@H](Oc1cccc(Br)c1)C(=O)NNC(=O)Cc1ccccc1Cl. The highest BCUT2D eigenvalue weighted by molar-refractivity contribution is 9.10. The smallest absolute Gasteiger partial charge is 0.279 e. The standard InChI is InChI=1S/C17H16BrClN2O3/c1-11(24-14-7-4-6-13(18)10-14)17(23)21-20-16(22)9-12-5-2-3-8-15(12)19/h2-8,10-11H,9H2,1H3,(H,20,22)(H,21,23)/t11-/m1/s1. The van der Waals surface area contributed by atoms with Gasteiger partial charge in [-0.1, -0.05) is 51.8 Å². The molecule has 0 aliphatic carbocycles. The molecular formula is C17H16BrClN2O3. The van der Waals surface area contributed by atoms with Crippen molar-refractivity contribution in [2.75, 3.05) is 0 Å². The highest BCUT2D eigenvalue weighted by atomic mass is 79.9. The third-order valence-electron chi connectivity index (χ3n) is 3.11. The number of hydrogen-bond donors (Lipinski definition) is 2. The summed E-state index contributed by atoms with van der Waals surface area (Å²) < 4.78 is 6.36. The van der Waals surface area contributed by atoms with Gasteiger partial charge in [-0.05, 0) is 36.8 Å². The molecule has 0 bridgehead atoms. The molecular weight excluding hydrogens is 396 g/mol. The summed E-state index contributed by atoms with van der Waals surface area (Å²) in [5.74, 6) is -0.275. The Bertz CT molecular complexity index is 739. The number of hydrazine groups is 1. The fourth-order valence-electron chi connectivity index (χ4n) is 1.89. The first kappa shape index (κ1) is 18.3. The van der Waals surface area contributed by atoms with Crippen LogP contribution in [-0.4, -0.2) is 17.9 Å². The van der Waals surface area contributed by atoms with Crippen LogP contribution in [0.25, 0.3) is 0 Å². The Labute approximate surface area is 153 Å². The fraction of sp³-hybridized carbons (Fsp3) is 0.176. The molecule has 2 aromatic rings. The summed E-state index contributed by atoms with van der Waals surface area (Å²) in [7, 11) is 0. The van der Waals surface area contributed by atoms with E-state index in [2.05, 4.69) is 26.8 Å². The van der Waals surface area contributed by atoms with E-state index in [-0.39, 0.29) is 12.3 Å². The third kappa shape index (κ3) is 5.54. The van der Waals surface area contributed by atoms with Crippen molar-refractivity contribution in [3.05, 3.63) is 63.6 Å². The number of nitrogens with one attached hydrogen (secondary N) is 2. The Balaban J connectivity index is 1.81. The first-order chi connectivity index (χ1) is 11.5. The zero-order chi connectivity index (χ0) is 17.5. The van der Waals surface area contributed by atoms with E-state index in [4.69, 9.17) is 16.3 Å². The normalized spacial score (nSPS) is 11.5. The van der Waals surface area contributed by atoms with E-state index in [1.54, 1.807) is 49.4 Å². The van der Waals surface area contributed by atoms with Crippen LogP contribution in [0.15, 0.2) is 53.0 Å². The zero-order valence-corrected chi connectivity index (χ0v) is 15.2. The molecule has 2 N–H and O–H groups in total. The molecule has 0 saturated carbocycles. The molecule has 7 heteroatoms. The monoisotopic (exact) mass is 410 g/mol.